The van der Waals surface area contributed by atoms with Crippen molar-refractivity contribution in [3.05, 3.63) is 102 Å². The standard InChI is InChI=1S/C30H22N.Ir/c1-18-11-14-21(15-12-18)22-7-6-8-23(17-22)30-20(3)28-25-10-5-4-9-24(25)27-19(2)13-16-26(31-30)29(27)28;/h4-7,9-17H,1-3H3;/q-1;. The number of nitrogens with zero attached hydrogens (tertiary/aromatic N) is 1. The first-order valence-corrected chi connectivity index (χ1v) is 10.7. The van der Waals surface area contributed by atoms with E-state index in [2.05, 4.69) is 99.6 Å². The van der Waals surface area contributed by atoms with Crippen LogP contribution < -0.4 is 0 Å². The molecule has 0 fully saturated rings. The second-order valence-corrected chi connectivity index (χ2v) is 8.51. The molecule has 32 heavy (non-hydrogen) atoms. The zero-order valence-corrected chi connectivity index (χ0v) is 20.7. The van der Waals surface area contributed by atoms with Crippen molar-refractivity contribution in [2.75, 3.05) is 0 Å². The summed E-state index contributed by atoms with van der Waals surface area (Å²) < 4.78 is 0. The summed E-state index contributed by atoms with van der Waals surface area (Å²) in [5.41, 5.74) is 14.6. The van der Waals surface area contributed by atoms with Crippen molar-refractivity contribution >= 4 is 10.9 Å². The van der Waals surface area contributed by atoms with Gasteiger partial charge in [0.15, 0.2) is 0 Å². The Morgan fingerprint density at radius 2 is 1.44 bits per heavy atom. The molecule has 0 spiro atoms. The summed E-state index contributed by atoms with van der Waals surface area (Å²) in [6.45, 7) is 6.52. The first kappa shape index (κ1) is 20.8. The molecule has 1 aliphatic carbocycles. The Kier molecular flexibility index (Phi) is 5.08. The van der Waals surface area contributed by atoms with Crippen LogP contribution in [0, 0.1) is 26.8 Å². The van der Waals surface area contributed by atoms with Gasteiger partial charge in [-0.25, -0.2) is 0 Å². The molecule has 1 heterocycles. The second-order valence-electron chi connectivity index (χ2n) is 8.51. The summed E-state index contributed by atoms with van der Waals surface area (Å²) in [7, 11) is 0. The van der Waals surface area contributed by atoms with Gasteiger partial charge in [-0.05, 0) is 65.9 Å². The van der Waals surface area contributed by atoms with Crippen molar-refractivity contribution in [3.63, 3.8) is 0 Å². The zero-order chi connectivity index (χ0) is 21.1. The van der Waals surface area contributed by atoms with Crippen LogP contribution in [0.4, 0.5) is 0 Å². The summed E-state index contributed by atoms with van der Waals surface area (Å²) in [5, 5.41) is 1.29. The molecule has 0 aliphatic heterocycles. The van der Waals surface area contributed by atoms with Crippen LogP contribution >= 0.6 is 0 Å². The molecule has 0 amide bonds. The minimum atomic E-state index is 0. The molecule has 0 bridgehead atoms. The molecule has 0 N–H and O–H groups in total. The van der Waals surface area contributed by atoms with Gasteiger partial charge in [-0.15, -0.1) is 35.4 Å². The van der Waals surface area contributed by atoms with Crippen molar-refractivity contribution in [3.8, 4) is 44.6 Å². The van der Waals surface area contributed by atoms with E-state index >= 15 is 0 Å². The van der Waals surface area contributed by atoms with Gasteiger partial charge >= 0.3 is 0 Å². The van der Waals surface area contributed by atoms with Crippen molar-refractivity contribution in [1.29, 1.82) is 0 Å². The molecule has 6 rings (SSSR count). The average molecular weight is 589 g/mol. The van der Waals surface area contributed by atoms with Crippen LogP contribution in [0.25, 0.3) is 55.5 Å². The van der Waals surface area contributed by atoms with Gasteiger partial charge < -0.3 is 0 Å². The maximum absolute atomic E-state index is 5.15. The van der Waals surface area contributed by atoms with E-state index in [0.29, 0.717) is 0 Å². The molecule has 1 nitrogen and oxygen atoms in total. The second kappa shape index (κ2) is 7.81. The van der Waals surface area contributed by atoms with Crippen LogP contribution in [0.5, 0.6) is 0 Å². The fraction of sp³-hybridized carbons (Fsp3) is 0.100. The predicted molar refractivity (Wildman–Crippen MR) is 130 cm³/mol. The van der Waals surface area contributed by atoms with Gasteiger partial charge in [-0.2, -0.15) is 0 Å². The smallest absolute Gasteiger partial charge is 0.0608 e. The van der Waals surface area contributed by atoms with Gasteiger partial charge in [-0.1, -0.05) is 65.7 Å². The van der Waals surface area contributed by atoms with Gasteiger partial charge in [0, 0.05) is 25.5 Å². The molecule has 157 valence electrons. The Morgan fingerprint density at radius 3 is 2.19 bits per heavy atom. The van der Waals surface area contributed by atoms with Crippen molar-refractivity contribution in [2.45, 2.75) is 20.8 Å². The fourth-order valence-corrected chi connectivity index (χ4v) is 4.95. The Morgan fingerprint density at radius 1 is 0.719 bits per heavy atom. The normalized spacial score (nSPS) is 11.3. The molecule has 2 heteroatoms. The van der Waals surface area contributed by atoms with E-state index in [1.54, 1.807) is 0 Å². The third-order valence-corrected chi connectivity index (χ3v) is 6.51. The molecule has 1 aliphatic rings. The van der Waals surface area contributed by atoms with E-state index < -0.39 is 0 Å². The molecule has 0 atom stereocenters. The van der Waals surface area contributed by atoms with E-state index in [9.17, 15) is 0 Å². The van der Waals surface area contributed by atoms with Crippen molar-refractivity contribution in [2.24, 2.45) is 0 Å². The Labute approximate surface area is 202 Å². The number of benzene rings is 4. The quantitative estimate of drug-likeness (QED) is 0.187. The molecule has 0 unspecified atom stereocenters. The first-order chi connectivity index (χ1) is 15.1. The molecule has 0 saturated carbocycles. The number of rotatable bonds is 2. The number of aromatic nitrogens is 1. The molecule has 1 radical (unpaired) electrons. The topological polar surface area (TPSA) is 12.9 Å². The van der Waals surface area contributed by atoms with Crippen molar-refractivity contribution < 1.29 is 20.1 Å². The van der Waals surface area contributed by atoms with Gasteiger partial charge in [0.2, 0.25) is 0 Å². The maximum Gasteiger partial charge on any atom is 0.0608 e. The maximum atomic E-state index is 5.15. The number of pyridine rings is 1. The average Bonchev–Trinajstić information content (AvgIpc) is 3.15. The fourth-order valence-electron chi connectivity index (χ4n) is 4.95. The number of fused-ring (bicyclic) bond motifs is 3. The number of hydrogen-bond donors (Lipinski definition) is 0. The summed E-state index contributed by atoms with van der Waals surface area (Å²) in [6.07, 6.45) is 0. The van der Waals surface area contributed by atoms with E-state index in [1.165, 1.54) is 55.5 Å². The van der Waals surface area contributed by atoms with Crippen LogP contribution in [0.2, 0.25) is 0 Å². The van der Waals surface area contributed by atoms with Crippen LogP contribution in [0.3, 0.4) is 0 Å². The summed E-state index contributed by atoms with van der Waals surface area (Å²) in [6, 6.07) is 31.6. The first-order valence-electron chi connectivity index (χ1n) is 10.7. The minimum absolute atomic E-state index is 0. The molecule has 4 aromatic carbocycles. The summed E-state index contributed by atoms with van der Waals surface area (Å²) >= 11 is 0. The van der Waals surface area contributed by atoms with Gasteiger partial charge in [0.1, 0.15) is 0 Å². The molecular formula is C30H22IrN-. The third kappa shape index (κ3) is 3.06. The van der Waals surface area contributed by atoms with Crippen molar-refractivity contribution in [1.82, 2.24) is 4.98 Å². The Hall–Kier alpha value is -3.06. The van der Waals surface area contributed by atoms with Crippen LogP contribution in [-0.2, 0) is 20.1 Å². The van der Waals surface area contributed by atoms with Crippen LogP contribution in [0.1, 0.15) is 16.7 Å². The molecule has 0 saturated heterocycles. The molecule has 1 aromatic heterocycles. The molecular weight excluding hydrogens is 567 g/mol. The molecule has 5 aromatic rings. The van der Waals surface area contributed by atoms with Gasteiger partial charge in [-0.3, -0.25) is 4.98 Å². The van der Waals surface area contributed by atoms with E-state index in [0.717, 1.165) is 16.8 Å². The van der Waals surface area contributed by atoms with Crippen LogP contribution in [-0.4, -0.2) is 4.98 Å². The monoisotopic (exact) mass is 589 g/mol. The number of hydrogen-bond acceptors (Lipinski definition) is 1. The van der Waals surface area contributed by atoms with Crippen LogP contribution in [0.15, 0.2) is 78.9 Å². The van der Waals surface area contributed by atoms with E-state index in [1.807, 2.05) is 6.07 Å². The van der Waals surface area contributed by atoms with E-state index in [4.69, 9.17) is 4.98 Å². The van der Waals surface area contributed by atoms with Gasteiger partial charge in [0.05, 0.1) is 5.52 Å². The zero-order valence-electron chi connectivity index (χ0n) is 18.3. The SMILES string of the molecule is Cc1ccc(-c2cc[c-]c(-c3nc4ccc(C)c5c4c(c3C)-c3ccccc3-5)c2)cc1.[Ir]. The van der Waals surface area contributed by atoms with E-state index in [-0.39, 0.29) is 20.1 Å². The third-order valence-electron chi connectivity index (χ3n) is 6.51. The Bertz CT molecular complexity index is 1500. The number of aryl methyl sites for hydroxylation is 2. The summed E-state index contributed by atoms with van der Waals surface area (Å²) in [5.74, 6) is 0. The minimum Gasteiger partial charge on any atom is -0.296 e. The largest absolute Gasteiger partial charge is 0.296 e. The van der Waals surface area contributed by atoms with Gasteiger partial charge in [0.25, 0.3) is 0 Å². The Balaban J connectivity index is 0.00000216. The predicted octanol–water partition coefficient (Wildman–Crippen LogP) is 7.94. The summed E-state index contributed by atoms with van der Waals surface area (Å²) in [4.78, 5) is 5.15.